The van der Waals surface area contributed by atoms with E-state index in [0.29, 0.717) is 10.8 Å². The zero-order valence-corrected chi connectivity index (χ0v) is 14.3. The van der Waals surface area contributed by atoms with Crippen molar-refractivity contribution < 1.29 is 9.90 Å². The Kier molecular flexibility index (Phi) is 5.30. The normalized spacial score (nSPS) is 11.9. The van der Waals surface area contributed by atoms with E-state index in [2.05, 4.69) is 20.8 Å². The number of aromatic hydroxyl groups is 1. The smallest absolute Gasteiger partial charge is 0.230 e. The van der Waals surface area contributed by atoms with Crippen molar-refractivity contribution in [3.05, 3.63) is 60.2 Å². The number of nitrogens with one attached hydrogen (secondary N) is 1. The maximum atomic E-state index is 12.2. The number of tetrazole rings is 1. The molecule has 1 atom stereocenters. The third-order valence-electron chi connectivity index (χ3n) is 3.54. The van der Waals surface area contributed by atoms with Crippen LogP contribution in [0.1, 0.15) is 18.5 Å². The van der Waals surface area contributed by atoms with Crippen molar-refractivity contribution in [3.8, 4) is 11.4 Å². The molecule has 1 heterocycles. The van der Waals surface area contributed by atoms with Gasteiger partial charge in [-0.1, -0.05) is 42.1 Å². The molecule has 1 amide bonds. The first kappa shape index (κ1) is 17.0. The summed E-state index contributed by atoms with van der Waals surface area (Å²) in [6.07, 6.45) is 0. The number of amides is 1. The Morgan fingerprint density at radius 1 is 1.20 bits per heavy atom. The van der Waals surface area contributed by atoms with Gasteiger partial charge in [0.2, 0.25) is 11.1 Å². The molecule has 128 valence electrons. The minimum absolute atomic E-state index is 0.0672. The van der Waals surface area contributed by atoms with E-state index in [4.69, 9.17) is 0 Å². The van der Waals surface area contributed by atoms with Gasteiger partial charge in [0.1, 0.15) is 5.75 Å². The fourth-order valence-electron chi connectivity index (χ4n) is 2.26. The topological polar surface area (TPSA) is 92.9 Å². The third kappa shape index (κ3) is 4.36. The van der Waals surface area contributed by atoms with Crippen LogP contribution in [0.25, 0.3) is 5.69 Å². The van der Waals surface area contributed by atoms with E-state index in [1.54, 1.807) is 24.3 Å². The van der Waals surface area contributed by atoms with Gasteiger partial charge in [-0.2, -0.15) is 4.68 Å². The summed E-state index contributed by atoms with van der Waals surface area (Å²) in [5, 5.41) is 24.3. The van der Waals surface area contributed by atoms with E-state index in [1.807, 2.05) is 37.3 Å². The van der Waals surface area contributed by atoms with Crippen molar-refractivity contribution in [3.63, 3.8) is 0 Å². The predicted octanol–water partition coefficient (Wildman–Crippen LogP) is 2.34. The lowest BCUT2D eigenvalue weighted by atomic mass is 10.1. The molecule has 7 nitrogen and oxygen atoms in total. The molecule has 0 spiro atoms. The molecule has 0 aliphatic rings. The number of nitrogens with zero attached hydrogens (tertiary/aromatic N) is 4. The molecule has 25 heavy (non-hydrogen) atoms. The summed E-state index contributed by atoms with van der Waals surface area (Å²) in [7, 11) is 0. The summed E-state index contributed by atoms with van der Waals surface area (Å²) < 4.78 is 1.53. The predicted molar refractivity (Wildman–Crippen MR) is 94.5 cm³/mol. The Bertz CT molecular complexity index is 836. The second-order valence-electron chi connectivity index (χ2n) is 5.38. The summed E-state index contributed by atoms with van der Waals surface area (Å²) in [5.41, 5.74) is 1.76. The van der Waals surface area contributed by atoms with Crippen molar-refractivity contribution in [2.45, 2.75) is 18.1 Å². The Morgan fingerprint density at radius 3 is 2.64 bits per heavy atom. The summed E-state index contributed by atoms with van der Waals surface area (Å²) in [6.45, 7) is 1.94. The van der Waals surface area contributed by atoms with Crippen molar-refractivity contribution in [1.29, 1.82) is 0 Å². The van der Waals surface area contributed by atoms with E-state index < -0.39 is 0 Å². The standard InChI is InChI=1S/C17H17N5O2S/c1-12(13-5-3-2-4-6-13)18-16(24)11-25-17-19-20-21-22(17)14-7-9-15(23)10-8-14/h2-10,12,23H,11H2,1H3,(H,18,24)/t12-/m1/s1. The van der Waals surface area contributed by atoms with Gasteiger partial charge in [-0.05, 0) is 47.2 Å². The van der Waals surface area contributed by atoms with E-state index in [0.717, 1.165) is 5.56 Å². The van der Waals surface area contributed by atoms with Gasteiger partial charge in [0.25, 0.3) is 0 Å². The zero-order valence-electron chi connectivity index (χ0n) is 13.5. The van der Waals surface area contributed by atoms with Crippen LogP contribution in [0, 0.1) is 0 Å². The lowest BCUT2D eigenvalue weighted by Crippen LogP contribution is -2.28. The van der Waals surface area contributed by atoms with Crippen LogP contribution in [0.4, 0.5) is 0 Å². The molecule has 0 bridgehead atoms. The van der Waals surface area contributed by atoms with Crippen molar-refractivity contribution in [2.75, 3.05) is 5.75 Å². The SMILES string of the molecule is C[C@@H](NC(=O)CSc1nnnn1-c1ccc(O)cc1)c1ccccc1. The van der Waals surface area contributed by atoms with E-state index in [9.17, 15) is 9.90 Å². The average Bonchev–Trinajstić information content (AvgIpc) is 3.10. The highest BCUT2D eigenvalue weighted by Crippen LogP contribution is 2.20. The summed E-state index contributed by atoms with van der Waals surface area (Å²) in [6, 6.07) is 16.2. The second kappa shape index (κ2) is 7.80. The quantitative estimate of drug-likeness (QED) is 0.659. The molecule has 0 radical (unpaired) electrons. The van der Waals surface area contributed by atoms with Crippen LogP contribution in [-0.2, 0) is 4.79 Å². The molecule has 3 rings (SSSR count). The fraction of sp³-hybridized carbons (Fsp3) is 0.176. The number of hydrogen-bond acceptors (Lipinski definition) is 6. The Morgan fingerprint density at radius 2 is 1.92 bits per heavy atom. The van der Waals surface area contributed by atoms with Crippen molar-refractivity contribution in [2.24, 2.45) is 0 Å². The molecule has 0 unspecified atom stereocenters. The van der Waals surface area contributed by atoms with Gasteiger partial charge in [0, 0.05) is 0 Å². The maximum Gasteiger partial charge on any atom is 0.230 e. The Labute approximate surface area is 149 Å². The third-order valence-corrected chi connectivity index (χ3v) is 4.46. The maximum absolute atomic E-state index is 12.2. The second-order valence-corrected chi connectivity index (χ2v) is 6.32. The molecule has 1 aromatic heterocycles. The highest BCUT2D eigenvalue weighted by Gasteiger charge is 2.13. The molecule has 8 heteroatoms. The van der Waals surface area contributed by atoms with Gasteiger partial charge >= 0.3 is 0 Å². The summed E-state index contributed by atoms with van der Waals surface area (Å²) >= 11 is 1.25. The minimum Gasteiger partial charge on any atom is -0.508 e. The van der Waals surface area contributed by atoms with Crippen LogP contribution in [-0.4, -0.2) is 37.0 Å². The number of thioether (sulfide) groups is 1. The largest absolute Gasteiger partial charge is 0.508 e. The van der Waals surface area contributed by atoms with Crippen LogP contribution in [0.5, 0.6) is 5.75 Å². The van der Waals surface area contributed by atoms with E-state index >= 15 is 0 Å². The first-order valence-electron chi connectivity index (χ1n) is 7.68. The van der Waals surface area contributed by atoms with E-state index in [1.165, 1.54) is 16.4 Å². The number of phenols is 1. The van der Waals surface area contributed by atoms with Gasteiger partial charge in [-0.3, -0.25) is 4.79 Å². The fourth-order valence-corrected chi connectivity index (χ4v) is 2.97. The molecule has 2 aromatic carbocycles. The molecule has 0 aliphatic carbocycles. The number of hydrogen-bond donors (Lipinski definition) is 2. The lowest BCUT2D eigenvalue weighted by molar-refractivity contribution is -0.119. The number of phenolic OH excluding ortho intramolecular Hbond substituents is 1. The summed E-state index contributed by atoms with van der Waals surface area (Å²) in [4.78, 5) is 12.2. The van der Waals surface area contributed by atoms with Crippen molar-refractivity contribution >= 4 is 17.7 Å². The van der Waals surface area contributed by atoms with Gasteiger partial charge < -0.3 is 10.4 Å². The molecular formula is C17H17N5O2S. The number of benzene rings is 2. The Balaban J connectivity index is 1.60. The summed E-state index contributed by atoms with van der Waals surface area (Å²) in [5.74, 6) is 0.275. The molecule has 2 N–H and O–H groups in total. The van der Waals surface area contributed by atoms with Gasteiger partial charge in [-0.15, -0.1) is 5.10 Å². The average molecular weight is 355 g/mol. The molecular weight excluding hydrogens is 338 g/mol. The number of carbonyl (C=O) groups is 1. The van der Waals surface area contributed by atoms with Crippen molar-refractivity contribution in [1.82, 2.24) is 25.5 Å². The van der Waals surface area contributed by atoms with Crippen LogP contribution in [0.15, 0.2) is 59.8 Å². The van der Waals surface area contributed by atoms with Gasteiger partial charge in [-0.25, -0.2) is 0 Å². The lowest BCUT2D eigenvalue weighted by Gasteiger charge is -2.13. The molecule has 0 fully saturated rings. The van der Waals surface area contributed by atoms with Crippen LogP contribution in [0.2, 0.25) is 0 Å². The zero-order chi connectivity index (χ0) is 17.6. The minimum atomic E-state index is -0.0957. The van der Waals surface area contributed by atoms with Gasteiger partial charge in [0.05, 0.1) is 17.5 Å². The molecule has 0 aliphatic heterocycles. The number of carbonyl (C=O) groups excluding carboxylic acids is 1. The van der Waals surface area contributed by atoms with Crippen LogP contribution in [0.3, 0.4) is 0 Å². The van der Waals surface area contributed by atoms with E-state index in [-0.39, 0.29) is 23.5 Å². The first-order chi connectivity index (χ1) is 12.1. The highest BCUT2D eigenvalue weighted by atomic mass is 32.2. The van der Waals surface area contributed by atoms with Crippen LogP contribution >= 0.6 is 11.8 Å². The first-order valence-corrected chi connectivity index (χ1v) is 8.67. The number of rotatable bonds is 6. The molecule has 0 saturated heterocycles. The molecule has 0 saturated carbocycles. The van der Waals surface area contributed by atoms with Crippen LogP contribution < -0.4 is 5.32 Å². The monoisotopic (exact) mass is 355 g/mol. The molecule has 3 aromatic rings. The van der Waals surface area contributed by atoms with Gasteiger partial charge in [0.15, 0.2) is 0 Å². The highest BCUT2D eigenvalue weighted by molar-refractivity contribution is 7.99. The Hall–Kier alpha value is -2.87. The number of aromatic nitrogens is 4.